The van der Waals surface area contributed by atoms with Gasteiger partial charge < -0.3 is 15.2 Å². The summed E-state index contributed by atoms with van der Waals surface area (Å²) in [5.74, 6) is -1.21. The van der Waals surface area contributed by atoms with Gasteiger partial charge in [0, 0.05) is 6.04 Å². The van der Waals surface area contributed by atoms with Gasteiger partial charge in [0.15, 0.2) is 0 Å². The summed E-state index contributed by atoms with van der Waals surface area (Å²) in [5, 5.41) is 13.0. The van der Waals surface area contributed by atoms with Crippen molar-refractivity contribution in [3.8, 4) is 0 Å². The normalized spacial score (nSPS) is 22.4. The number of nitrogens with one attached hydrogen (secondary N) is 2. The van der Waals surface area contributed by atoms with Crippen molar-refractivity contribution in [1.29, 1.82) is 0 Å². The molecule has 96 valence electrons. The lowest BCUT2D eigenvalue weighted by Crippen LogP contribution is -2.49. The first-order chi connectivity index (χ1) is 7.97. The largest absolute Gasteiger partial charge is 0.480 e. The van der Waals surface area contributed by atoms with Crippen LogP contribution in [0.5, 0.6) is 0 Å². The molecule has 0 spiro atoms. The maximum atomic E-state index is 11.2. The zero-order chi connectivity index (χ0) is 12.8. The fourth-order valence-corrected chi connectivity index (χ4v) is 1.64. The summed E-state index contributed by atoms with van der Waals surface area (Å²) in [4.78, 5) is 32.4. The first-order valence-electron chi connectivity index (χ1n) is 5.37. The van der Waals surface area contributed by atoms with Crippen molar-refractivity contribution in [2.45, 2.75) is 25.8 Å². The average Bonchev–Trinajstić information content (AvgIpc) is 2.14. The maximum absolute atomic E-state index is 11.2. The highest BCUT2D eigenvalue weighted by Crippen LogP contribution is 2.25. The van der Waals surface area contributed by atoms with E-state index in [1.807, 2.05) is 0 Å². The number of carboxylic acids is 1. The summed E-state index contributed by atoms with van der Waals surface area (Å²) in [6.45, 7) is 1.08. The lowest BCUT2D eigenvalue weighted by molar-refractivity contribution is -0.143. The molecule has 7 heteroatoms. The molecule has 0 unspecified atom stereocenters. The van der Waals surface area contributed by atoms with Gasteiger partial charge >= 0.3 is 12.0 Å². The molecule has 0 atom stereocenters. The zero-order valence-corrected chi connectivity index (χ0v) is 9.56. The third-order valence-corrected chi connectivity index (χ3v) is 2.42. The zero-order valence-electron chi connectivity index (χ0n) is 9.56. The molecular weight excluding hydrogens is 228 g/mol. The molecule has 1 rings (SSSR count). The van der Waals surface area contributed by atoms with Gasteiger partial charge in [-0.05, 0) is 18.8 Å². The molecule has 0 aromatic carbocycles. The molecule has 0 aromatic rings. The summed E-state index contributed by atoms with van der Waals surface area (Å²) < 4.78 is 4.53. The van der Waals surface area contributed by atoms with Crippen LogP contribution in [-0.4, -0.2) is 42.3 Å². The van der Waals surface area contributed by atoms with Crippen LogP contribution in [0.15, 0.2) is 0 Å². The molecule has 0 saturated heterocycles. The molecule has 0 bridgehead atoms. The Morgan fingerprint density at radius 3 is 2.47 bits per heavy atom. The molecule has 17 heavy (non-hydrogen) atoms. The summed E-state index contributed by atoms with van der Waals surface area (Å²) in [5.41, 5.74) is 0. The minimum absolute atomic E-state index is 0.123. The summed E-state index contributed by atoms with van der Waals surface area (Å²) in [7, 11) is 0. The predicted molar refractivity (Wildman–Crippen MR) is 57.3 cm³/mol. The number of hydrogen-bond acceptors (Lipinski definition) is 4. The van der Waals surface area contributed by atoms with Crippen LogP contribution in [0.2, 0.25) is 0 Å². The number of carboxylic acid groups (broad SMARTS) is 1. The van der Waals surface area contributed by atoms with Gasteiger partial charge in [0.25, 0.3) is 5.91 Å². The van der Waals surface area contributed by atoms with Gasteiger partial charge in [0.1, 0.15) is 13.2 Å². The molecule has 0 radical (unpaired) electrons. The smallest absolute Gasteiger partial charge is 0.329 e. The number of imide groups is 1. The summed E-state index contributed by atoms with van der Waals surface area (Å²) in [6.07, 6.45) is 1.83. The van der Waals surface area contributed by atoms with Crippen molar-refractivity contribution in [3.63, 3.8) is 0 Å². The number of carbonyl (C=O) groups is 3. The Kier molecular flexibility index (Phi) is 4.89. The molecule has 0 aliphatic heterocycles. The standard InChI is InChI=1S/C10H16N2O5/c1-6-2-7(3-6)11-10(16)12-8(13)4-17-5-9(14)15/h6-7H,2-5H2,1H3,(H,14,15)(H2,11,12,13,16). The molecular formula is C10H16N2O5. The molecule has 1 fully saturated rings. The van der Waals surface area contributed by atoms with Crippen molar-refractivity contribution < 1.29 is 24.2 Å². The maximum Gasteiger partial charge on any atom is 0.329 e. The fraction of sp³-hybridized carbons (Fsp3) is 0.700. The van der Waals surface area contributed by atoms with Crippen LogP contribution in [0.3, 0.4) is 0 Å². The number of carbonyl (C=O) groups excluding carboxylic acids is 2. The van der Waals surface area contributed by atoms with Crippen LogP contribution >= 0.6 is 0 Å². The topological polar surface area (TPSA) is 105 Å². The number of rotatable bonds is 5. The molecule has 0 aromatic heterocycles. The molecule has 1 aliphatic carbocycles. The van der Waals surface area contributed by atoms with Gasteiger partial charge in [0.2, 0.25) is 0 Å². The summed E-state index contributed by atoms with van der Waals surface area (Å²) >= 11 is 0. The number of ether oxygens (including phenoxy) is 1. The van der Waals surface area contributed by atoms with Gasteiger partial charge in [-0.25, -0.2) is 9.59 Å². The van der Waals surface area contributed by atoms with Crippen molar-refractivity contribution in [2.24, 2.45) is 5.92 Å². The van der Waals surface area contributed by atoms with E-state index < -0.39 is 31.1 Å². The molecule has 3 N–H and O–H groups in total. The Morgan fingerprint density at radius 2 is 1.94 bits per heavy atom. The van der Waals surface area contributed by atoms with Crippen molar-refractivity contribution in [1.82, 2.24) is 10.6 Å². The van der Waals surface area contributed by atoms with Gasteiger partial charge in [-0.2, -0.15) is 0 Å². The van der Waals surface area contributed by atoms with E-state index in [4.69, 9.17) is 5.11 Å². The highest BCUT2D eigenvalue weighted by Gasteiger charge is 2.26. The van der Waals surface area contributed by atoms with E-state index in [0.29, 0.717) is 5.92 Å². The van der Waals surface area contributed by atoms with Crippen LogP contribution in [0.4, 0.5) is 4.79 Å². The van der Waals surface area contributed by atoms with E-state index in [-0.39, 0.29) is 6.04 Å². The monoisotopic (exact) mass is 244 g/mol. The van der Waals surface area contributed by atoms with Crippen LogP contribution in [0, 0.1) is 5.92 Å². The highest BCUT2D eigenvalue weighted by atomic mass is 16.5. The van der Waals surface area contributed by atoms with Gasteiger partial charge in [-0.15, -0.1) is 0 Å². The molecule has 3 amide bonds. The first kappa shape index (κ1) is 13.4. The van der Waals surface area contributed by atoms with Gasteiger partial charge in [-0.3, -0.25) is 10.1 Å². The van der Waals surface area contributed by atoms with Gasteiger partial charge in [-0.1, -0.05) is 6.92 Å². The van der Waals surface area contributed by atoms with Crippen LogP contribution in [-0.2, 0) is 14.3 Å². The second-order valence-corrected chi connectivity index (χ2v) is 4.18. The fourth-order valence-electron chi connectivity index (χ4n) is 1.64. The van der Waals surface area contributed by atoms with Crippen LogP contribution < -0.4 is 10.6 Å². The minimum Gasteiger partial charge on any atom is -0.480 e. The Balaban J connectivity index is 2.09. The lowest BCUT2D eigenvalue weighted by atomic mass is 9.82. The summed E-state index contributed by atoms with van der Waals surface area (Å²) in [6, 6.07) is -0.441. The third-order valence-electron chi connectivity index (χ3n) is 2.42. The van der Waals surface area contributed by atoms with Crippen LogP contribution in [0.1, 0.15) is 19.8 Å². The number of amides is 3. The third kappa shape index (κ3) is 5.30. The van der Waals surface area contributed by atoms with E-state index >= 15 is 0 Å². The number of hydrogen-bond donors (Lipinski definition) is 3. The van der Waals surface area contributed by atoms with Crippen LogP contribution in [0.25, 0.3) is 0 Å². The van der Waals surface area contributed by atoms with Crippen molar-refractivity contribution in [3.05, 3.63) is 0 Å². The highest BCUT2D eigenvalue weighted by molar-refractivity contribution is 5.95. The Bertz CT molecular complexity index is 312. The number of aliphatic carboxylic acids is 1. The van der Waals surface area contributed by atoms with E-state index in [1.165, 1.54) is 0 Å². The molecule has 0 heterocycles. The first-order valence-corrected chi connectivity index (χ1v) is 5.37. The van der Waals surface area contributed by atoms with Crippen molar-refractivity contribution >= 4 is 17.9 Å². The SMILES string of the molecule is CC1CC(NC(=O)NC(=O)COCC(=O)O)C1. The van der Waals surface area contributed by atoms with E-state index in [2.05, 4.69) is 22.3 Å². The second-order valence-electron chi connectivity index (χ2n) is 4.18. The Labute approximate surface area is 98.5 Å². The van der Waals surface area contributed by atoms with Crippen molar-refractivity contribution in [2.75, 3.05) is 13.2 Å². The Morgan fingerprint density at radius 1 is 1.29 bits per heavy atom. The minimum atomic E-state index is -1.16. The molecule has 1 aliphatic rings. The Hall–Kier alpha value is -1.63. The molecule has 1 saturated carbocycles. The second kappa shape index (κ2) is 6.19. The lowest BCUT2D eigenvalue weighted by Gasteiger charge is -2.32. The van der Waals surface area contributed by atoms with E-state index in [0.717, 1.165) is 12.8 Å². The predicted octanol–water partition coefficient (Wildman–Crippen LogP) is -0.288. The van der Waals surface area contributed by atoms with E-state index in [9.17, 15) is 14.4 Å². The quantitative estimate of drug-likeness (QED) is 0.616. The number of urea groups is 1. The average molecular weight is 244 g/mol. The van der Waals surface area contributed by atoms with E-state index in [1.54, 1.807) is 0 Å². The molecule has 7 nitrogen and oxygen atoms in total. The van der Waals surface area contributed by atoms with Gasteiger partial charge in [0.05, 0.1) is 0 Å².